The molecule has 1 saturated heterocycles. The Morgan fingerprint density at radius 1 is 1.00 bits per heavy atom. The van der Waals surface area contributed by atoms with Crippen molar-refractivity contribution >= 4 is 17.8 Å². The molecule has 3 rings (SSSR count). The minimum absolute atomic E-state index is 0.243. The van der Waals surface area contributed by atoms with Crippen molar-refractivity contribution in [1.82, 2.24) is 5.32 Å². The highest BCUT2D eigenvalue weighted by molar-refractivity contribution is 6.04. The number of amides is 2. The maximum absolute atomic E-state index is 12.8. The SMILES string of the molecule is CC12CC(C)(CC(C)(C(=O)OCC3CCCCC3)C1)C(=O)NC2=O. The molecule has 1 N–H and O–H groups in total. The number of carbonyl (C=O) groups is 3. The molecule has 134 valence electrons. The largest absolute Gasteiger partial charge is 0.465 e. The lowest BCUT2D eigenvalue weighted by Crippen LogP contribution is -2.63. The topological polar surface area (TPSA) is 72.5 Å². The maximum atomic E-state index is 12.8. The predicted octanol–water partition coefficient (Wildman–Crippen LogP) is 2.97. The van der Waals surface area contributed by atoms with E-state index >= 15 is 0 Å². The van der Waals surface area contributed by atoms with E-state index < -0.39 is 16.2 Å². The summed E-state index contributed by atoms with van der Waals surface area (Å²) in [6.45, 7) is 6.05. The summed E-state index contributed by atoms with van der Waals surface area (Å²) < 4.78 is 5.67. The van der Waals surface area contributed by atoms with Gasteiger partial charge in [-0.3, -0.25) is 19.7 Å². The minimum atomic E-state index is -0.774. The average Bonchev–Trinajstić information content (AvgIpc) is 2.51. The van der Waals surface area contributed by atoms with Crippen molar-refractivity contribution in [3.63, 3.8) is 0 Å². The summed E-state index contributed by atoms with van der Waals surface area (Å²) in [5.41, 5.74) is -2.14. The Morgan fingerprint density at radius 3 is 2.08 bits per heavy atom. The molecule has 2 saturated carbocycles. The molecule has 2 bridgehead atoms. The fourth-order valence-corrected chi connectivity index (χ4v) is 5.36. The molecule has 2 amide bonds. The number of rotatable bonds is 3. The van der Waals surface area contributed by atoms with Crippen LogP contribution < -0.4 is 5.32 Å². The molecule has 2 aliphatic carbocycles. The van der Waals surface area contributed by atoms with Crippen molar-refractivity contribution in [3.8, 4) is 0 Å². The molecule has 3 aliphatic rings. The highest BCUT2D eigenvalue weighted by Gasteiger charge is 2.61. The molecule has 0 spiro atoms. The van der Waals surface area contributed by atoms with E-state index in [1.807, 2.05) is 20.8 Å². The van der Waals surface area contributed by atoms with Gasteiger partial charge >= 0.3 is 5.97 Å². The monoisotopic (exact) mass is 335 g/mol. The fraction of sp³-hybridized carbons (Fsp3) is 0.842. The first-order valence-electron chi connectivity index (χ1n) is 9.20. The third-order valence-corrected chi connectivity index (χ3v) is 6.33. The van der Waals surface area contributed by atoms with Gasteiger partial charge < -0.3 is 4.74 Å². The number of carbonyl (C=O) groups excluding carboxylic acids is 3. The number of ether oxygens (including phenoxy) is 1. The second kappa shape index (κ2) is 5.85. The van der Waals surface area contributed by atoms with Crippen LogP contribution >= 0.6 is 0 Å². The van der Waals surface area contributed by atoms with E-state index in [-0.39, 0.29) is 17.8 Å². The number of esters is 1. The van der Waals surface area contributed by atoms with Crippen LogP contribution in [0.1, 0.15) is 72.1 Å². The average molecular weight is 335 g/mol. The standard InChI is InChI=1S/C19H29NO4/c1-17-10-18(2,15(22)20-14(17)21)12-19(3,11-17)16(23)24-9-13-7-5-4-6-8-13/h13H,4-12H2,1-3H3,(H,20,21,22). The van der Waals surface area contributed by atoms with Crippen LogP contribution in [-0.4, -0.2) is 24.4 Å². The van der Waals surface area contributed by atoms with Gasteiger partial charge in [-0.1, -0.05) is 33.1 Å². The quantitative estimate of drug-likeness (QED) is 0.636. The number of nitrogens with one attached hydrogen (secondary N) is 1. The summed E-state index contributed by atoms with van der Waals surface area (Å²) in [6.07, 6.45) is 7.35. The van der Waals surface area contributed by atoms with Gasteiger partial charge in [-0.25, -0.2) is 0 Å². The van der Waals surface area contributed by atoms with Crippen molar-refractivity contribution in [2.45, 2.75) is 72.1 Å². The molecular formula is C19H29NO4. The summed E-state index contributed by atoms with van der Waals surface area (Å²) in [6, 6.07) is 0. The van der Waals surface area contributed by atoms with Gasteiger partial charge in [0.15, 0.2) is 0 Å². The Hall–Kier alpha value is -1.39. The molecular weight excluding hydrogens is 306 g/mol. The summed E-state index contributed by atoms with van der Waals surface area (Å²) in [5, 5.41) is 2.49. The van der Waals surface area contributed by atoms with Crippen LogP contribution in [0.3, 0.4) is 0 Å². The number of imide groups is 1. The van der Waals surface area contributed by atoms with Crippen molar-refractivity contribution in [1.29, 1.82) is 0 Å². The van der Waals surface area contributed by atoms with Crippen molar-refractivity contribution < 1.29 is 19.1 Å². The van der Waals surface area contributed by atoms with E-state index in [1.54, 1.807) is 0 Å². The summed E-state index contributed by atoms with van der Waals surface area (Å²) >= 11 is 0. The zero-order valence-electron chi connectivity index (χ0n) is 15.1. The first kappa shape index (κ1) is 17.4. The number of fused-ring (bicyclic) bond motifs is 2. The lowest BCUT2D eigenvalue weighted by molar-refractivity contribution is -0.175. The van der Waals surface area contributed by atoms with Crippen LogP contribution in [0.4, 0.5) is 0 Å². The maximum Gasteiger partial charge on any atom is 0.311 e. The molecule has 3 fully saturated rings. The van der Waals surface area contributed by atoms with Gasteiger partial charge in [-0.2, -0.15) is 0 Å². The Morgan fingerprint density at radius 2 is 1.54 bits per heavy atom. The van der Waals surface area contributed by atoms with Gasteiger partial charge in [0.2, 0.25) is 11.8 Å². The van der Waals surface area contributed by atoms with Crippen LogP contribution in [-0.2, 0) is 19.1 Å². The summed E-state index contributed by atoms with van der Waals surface area (Å²) in [4.78, 5) is 37.4. The van der Waals surface area contributed by atoms with Crippen molar-refractivity contribution in [2.24, 2.45) is 22.2 Å². The molecule has 2 unspecified atom stereocenters. The first-order chi connectivity index (χ1) is 11.2. The molecule has 0 aromatic carbocycles. The van der Waals surface area contributed by atoms with Crippen LogP contribution in [0, 0.1) is 22.2 Å². The molecule has 0 radical (unpaired) electrons. The number of hydrogen-bond acceptors (Lipinski definition) is 4. The van der Waals surface area contributed by atoms with Gasteiger partial charge in [0.05, 0.1) is 12.0 Å². The Kier molecular flexibility index (Phi) is 4.25. The van der Waals surface area contributed by atoms with Gasteiger partial charge in [0.25, 0.3) is 0 Å². The van der Waals surface area contributed by atoms with Crippen LogP contribution in [0.5, 0.6) is 0 Å². The van der Waals surface area contributed by atoms with Crippen molar-refractivity contribution in [2.75, 3.05) is 6.61 Å². The van der Waals surface area contributed by atoms with Gasteiger partial charge in [-0.05, 0) is 44.9 Å². The number of piperidine rings is 1. The summed E-state index contributed by atoms with van der Waals surface area (Å²) in [7, 11) is 0. The Labute approximate surface area is 143 Å². The van der Waals surface area contributed by atoms with Gasteiger partial charge in [0.1, 0.15) is 0 Å². The molecule has 5 heteroatoms. The smallest absolute Gasteiger partial charge is 0.311 e. The highest BCUT2D eigenvalue weighted by Crippen LogP contribution is 2.57. The lowest BCUT2D eigenvalue weighted by Gasteiger charge is -2.52. The second-order valence-corrected chi connectivity index (χ2v) is 9.10. The first-order valence-corrected chi connectivity index (χ1v) is 9.20. The molecule has 0 aromatic heterocycles. The Bertz CT molecular complexity index is 538. The van der Waals surface area contributed by atoms with E-state index in [1.165, 1.54) is 19.3 Å². The van der Waals surface area contributed by atoms with Crippen molar-refractivity contribution in [3.05, 3.63) is 0 Å². The molecule has 2 atom stereocenters. The minimum Gasteiger partial charge on any atom is -0.465 e. The third-order valence-electron chi connectivity index (χ3n) is 6.33. The van der Waals surface area contributed by atoms with Gasteiger partial charge in [0, 0.05) is 10.8 Å². The molecule has 1 heterocycles. The molecule has 5 nitrogen and oxygen atoms in total. The summed E-state index contributed by atoms with van der Waals surface area (Å²) in [5.74, 6) is -0.287. The van der Waals surface area contributed by atoms with Crippen LogP contribution in [0.25, 0.3) is 0 Å². The van der Waals surface area contributed by atoms with Crippen LogP contribution in [0.15, 0.2) is 0 Å². The van der Waals surface area contributed by atoms with Crippen LogP contribution in [0.2, 0.25) is 0 Å². The molecule has 1 aliphatic heterocycles. The third kappa shape index (κ3) is 2.98. The second-order valence-electron chi connectivity index (χ2n) is 9.10. The highest BCUT2D eigenvalue weighted by atomic mass is 16.5. The van der Waals surface area contributed by atoms with E-state index in [9.17, 15) is 14.4 Å². The number of hydrogen-bond donors (Lipinski definition) is 1. The van der Waals surface area contributed by atoms with E-state index in [0.29, 0.717) is 31.8 Å². The van der Waals surface area contributed by atoms with E-state index in [2.05, 4.69) is 5.32 Å². The van der Waals surface area contributed by atoms with E-state index in [0.717, 1.165) is 12.8 Å². The molecule has 24 heavy (non-hydrogen) atoms. The lowest BCUT2D eigenvalue weighted by atomic mass is 9.52. The predicted molar refractivity (Wildman–Crippen MR) is 88.9 cm³/mol. The zero-order chi connectivity index (χ0) is 17.6. The normalized spacial score (nSPS) is 40.1. The van der Waals surface area contributed by atoms with E-state index in [4.69, 9.17) is 4.74 Å². The zero-order valence-corrected chi connectivity index (χ0v) is 15.1. The van der Waals surface area contributed by atoms with Gasteiger partial charge in [-0.15, -0.1) is 0 Å². The fourth-order valence-electron chi connectivity index (χ4n) is 5.36. The molecule has 0 aromatic rings. The Balaban J connectivity index is 1.72.